The lowest BCUT2D eigenvalue weighted by Gasteiger charge is -2.43. The van der Waals surface area contributed by atoms with Crippen LogP contribution in [0.1, 0.15) is 13.8 Å². The topological polar surface area (TPSA) is 105 Å². The van der Waals surface area contributed by atoms with Gasteiger partial charge in [-0.1, -0.05) is 6.07 Å². The van der Waals surface area contributed by atoms with Gasteiger partial charge in [0, 0.05) is 56.9 Å². The lowest BCUT2D eigenvalue weighted by molar-refractivity contribution is 0.128. The molecule has 0 saturated carbocycles. The van der Waals surface area contributed by atoms with Crippen LogP contribution in [0.25, 0.3) is 22.3 Å². The number of carboxylic acid groups (broad SMARTS) is 1. The Balaban J connectivity index is 1.45. The number of aromatic amines is 1. The smallest absolute Gasteiger partial charge is 0.407 e. The molecule has 5 rings (SSSR count). The Hall–Kier alpha value is -3.47. The molecule has 2 aromatic heterocycles. The molecule has 0 aliphatic carbocycles. The van der Waals surface area contributed by atoms with Crippen LogP contribution >= 0.6 is 0 Å². The third-order valence-corrected chi connectivity index (χ3v) is 6.77. The van der Waals surface area contributed by atoms with E-state index in [2.05, 4.69) is 32.0 Å². The molecule has 1 amide bonds. The van der Waals surface area contributed by atoms with E-state index in [1.807, 2.05) is 30.9 Å². The second-order valence-corrected chi connectivity index (χ2v) is 9.25. The Kier molecular flexibility index (Phi) is 5.72. The molecule has 11 heteroatoms. The van der Waals surface area contributed by atoms with Crippen LogP contribution in [0, 0.1) is 5.82 Å². The number of rotatable bonds is 3. The molecular weight excluding hydrogens is 439 g/mol. The number of hydrogen-bond acceptors (Lipinski definition) is 7. The molecule has 34 heavy (non-hydrogen) atoms. The summed E-state index contributed by atoms with van der Waals surface area (Å²) in [7, 11) is 2.07. The number of piperazine rings is 2. The second kappa shape index (κ2) is 8.71. The minimum Gasteiger partial charge on any atom is -0.465 e. The molecular formula is C23H29FN8O2. The molecule has 3 aromatic rings. The van der Waals surface area contributed by atoms with Crippen molar-refractivity contribution >= 4 is 28.8 Å². The molecule has 2 atom stereocenters. The number of nitrogens with zero attached hydrogens (tertiary/aromatic N) is 7. The van der Waals surface area contributed by atoms with Crippen LogP contribution in [-0.4, -0.2) is 99.6 Å². The van der Waals surface area contributed by atoms with E-state index in [1.54, 1.807) is 6.20 Å². The van der Waals surface area contributed by atoms with Crippen LogP contribution in [-0.2, 0) is 0 Å². The lowest BCUT2D eigenvalue weighted by atomic mass is 10.1. The number of nitrogens with one attached hydrogen (secondary N) is 1. The number of hydrogen-bond donors (Lipinski definition) is 2. The Bertz CT molecular complexity index is 1200. The summed E-state index contributed by atoms with van der Waals surface area (Å²) < 4.78 is 15.1. The van der Waals surface area contributed by atoms with Crippen LogP contribution in [0.5, 0.6) is 0 Å². The Morgan fingerprint density at radius 1 is 1.15 bits per heavy atom. The molecule has 2 fully saturated rings. The van der Waals surface area contributed by atoms with E-state index in [4.69, 9.17) is 4.98 Å². The van der Waals surface area contributed by atoms with Crippen LogP contribution in [0.3, 0.4) is 0 Å². The molecule has 0 spiro atoms. The first kappa shape index (κ1) is 22.3. The lowest BCUT2D eigenvalue weighted by Crippen LogP contribution is -2.58. The molecule has 2 saturated heterocycles. The Morgan fingerprint density at radius 3 is 2.50 bits per heavy atom. The number of carbonyl (C=O) groups is 1. The molecule has 0 unspecified atom stereocenters. The van der Waals surface area contributed by atoms with E-state index in [9.17, 15) is 9.90 Å². The first-order chi connectivity index (χ1) is 16.3. The molecule has 0 bridgehead atoms. The van der Waals surface area contributed by atoms with Gasteiger partial charge >= 0.3 is 6.09 Å². The normalized spacial score (nSPS) is 21.9. The molecule has 180 valence electrons. The number of H-pyrrole nitrogens is 1. The maximum Gasteiger partial charge on any atom is 0.407 e. The van der Waals surface area contributed by atoms with Crippen LogP contribution in [0.2, 0.25) is 0 Å². The van der Waals surface area contributed by atoms with E-state index >= 15 is 4.39 Å². The minimum atomic E-state index is -0.922. The van der Waals surface area contributed by atoms with Gasteiger partial charge in [0.05, 0.1) is 11.9 Å². The van der Waals surface area contributed by atoms with Crippen molar-refractivity contribution in [2.24, 2.45) is 0 Å². The van der Waals surface area contributed by atoms with Crippen molar-refractivity contribution in [1.29, 1.82) is 0 Å². The van der Waals surface area contributed by atoms with Gasteiger partial charge in [-0.15, -0.1) is 0 Å². The van der Waals surface area contributed by atoms with E-state index in [0.717, 1.165) is 26.2 Å². The molecule has 10 nitrogen and oxygen atoms in total. The molecule has 0 radical (unpaired) electrons. The van der Waals surface area contributed by atoms with Crippen molar-refractivity contribution in [3.05, 3.63) is 30.2 Å². The number of amides is 1. The number of aromatic nitrogens is 4. The predicted molar refractivity (Wildman–Crippen MR) is 128 cm³/mol. The van der Waals surface area contributed by atoms with Gasteiger partial charge in [0.25, 0.3) is 0 Å². The van der Waals surface area contributed by atoms with Crippen LogP contribution < -0.4 is 9.80 Å². The van der Waals surface area contributed by atoms with Crippen molar-refractivity contribution in [3.8, 4) is 11.3 Å². The van der Waals surface area contributed by atoms with Gasteiger partial charge < -0.3 is 24.7 Å². The predicted octanol–water partition coefficient (Wildman–Crippen LogP) is 2.49. The summed E-state index contributed by atoms with van der Waals surface area (Å²) in [6.07, 6.45) is 0.750. The van der Waals surface area contributed by atoms with E-state index in [0.29, 0.717) is 47.0 Å². The van der Waals surface area contributed by atoms with Gasteiger partial charge in [-0.3, -0.25) is 5.10 Å². The highest BCUT2D eigenvalue weighted by Gasteiger charge is 2.33. The standard InChI is InChI=1S/C23H29FN8O2/c1-14-12-31(23(33)34)13-15(2)32(14)22-25-11-18-21(26-22)20(28-27-18)16-4-5-19(17(24)10-16)30-8-6-29(3)7-9-30/h4-5,10-11,14-15H,6-9,12-13H2,1-3H3,(H,27,28)(H,33,34)/t14-,15+. The first-order valence-corrected chi connectivity index (χ1v) is 11.5. The van der Waals surface area contributed by atoms with E-state index < -0.39 is 6.09 Å². The van der Waals surface area contributed by atoms with Gasteiger partial charge in [-0.05, 0) is 33.0 Å². The zero-order valence-electron chi connectivity index (χ0n) is 19.6. The molecule has 2 N–H and O–H groups in total. The highest BCUT2D eigenvalue weighted by Crippen LogP contribution is 2.31. The highest BCUT2D eigenvalue weighted by atomic mass is 19.1. The maximum atomic E-state index is 15.1. The Labute approximate surface area is 197 Å². The summed E-state index contributed by atoms with van der Waals surface area (Å²) in [4.78, 5) is 28.5. The van der Waals surface area contributed by atoms with E-state index in [-0.39, 0.29) is 17.9 Å². The summed E-state index contributed by atoms with van der Waals surface area (Å²) in [5, 5.41) is 16.7. The van der Waals surface area contributed by atoms with Gasteiger partial charge in [0.15, 0.2) is 0 Å². The van der Waals surface area contributed by atoms with Gasteiger partial charge in [-0.25, -0.2) is 19.2 Å². The maximum absolute atomic E-state index is 15.1. The summed E-state index contributed by atoms with van der Waals surface area (Å²) in [5.41, 5.74) is 3.07. The van der Waals surface area contributed by atoms with Gasteiger partial charge in [-0.2, -0.15) is 5.10 Å². The Morgan fingerprint density at radius 2 is 1.85 bits per heavy atom. The minimum absolute atomic E-state index is 0.0898. The zero-order valence-corrected chi connectivity index (χ0v) is 19.6. The SMILES string of the molecule is C[C@@H]1CN(C(=O)O)C[C@H](C)N1c1ncc2[nH]nc(-c3ccc(N4CCN(C)CC4)c(F)c3)c2n1. The molecule has 1 aromatic carbocycles. The third-order valence-electron chi connectivity index (χ3n) is 6.77. The van der Waals surface area contributed by atoms with Crippen LogP contribution in [0.4, 0.5) is 20.8 Å². The van der Waals surface area contributed by atoms with Crippen molar-refractivity contribution in [2.75, 3.05) is 56.1 Å². The zero-order chi connectivity index (χ0) is 24.0. The number of fused-ring (bicyclic) bond motifs is 1. The number of likely N-dealkylation sites (N-methyl/N-ethyl adjacent to an activating group) is 1. The van der Waals surface area contributed by atoms with Gasteiger partial charge in [0.2, 0.25) is 5.95 Å². The fourth-order valence-corrected chi connectivity index (χ4v) is 4.96. The summed E-state index contributed by atoms with van der Waals surface area (Å²) in [5.74, 6) is 0.231. The number of halogens is 1. The summed E-state index contributed by atoms with van der Waals surface area (Å²) >= 11 is 0. The van der Waals surface area contributed by atoms with Crippen molar-refractivity contribution < 1.29 is 14.3 Å². The summed E-state index contributed by atoms with van der Waals surface area (Å²) in [6.45, 7) is 8.06. The van der Waals surface area contributed by atoms with E-state index in [1.165, 1.54) is 11.0 Å². The quantitative estimate of drug-likeness (QED) is 0.604. The first-order valence-electron chi connectivity index (χ1n) is 11.5. The largest absolute Gasteiger partial charge is 0.465 e. The number of anilines is 2. The monoisotopic (exact) mass is 468 g/mol. The van der Waals surface area contributed by atoms with Crippen molar-refractivity contribution in [3.63, 3.8) is 0 Å². The molecule has 2 aliphatic heterocycles. The number of benzene rings is 1. The highest BCUT2D eigenvalue weighted by molar-refractivity contribution is 5.90. The average molecular weight is 469 g/mol. The van der Waals surface area contributed by atoms with Crippen molar-refractivity contribution in [1.82, 2.24) is 30.0 Å². The summed E-state index contributed by atoms with van der Waals surface area (Å²) in [6, 6.07) is 5.03. The fourth-order valence-electron chi connectivity index (χ4n) is 4.96. The molecule has 2 aliphatic rings. The van der Waals surface area contributed by atoms with Gasteiger partial charge in [0.1, 0.15) is 22.5 Å². The average Bonchev–Trinajstić information content (AvgIpc) is 3.22. The fraction of sp³-hybridized carbons (Fsp3) is 0.478. The second-order valence-electron chi connectivity index (χ2n) is 9.25. The molecule has 4 heterocycles. The van der Waals surface area contributed by atoms with Crippen LogP contribution in [0.15, 0.2) is 24.4 Å². The third kappa shape index (κ3) is 4.00. The van der Waals surface area contributed by atoms with Crippen molar-refractivity contribution in [2.45, 2.75) is 25.9 Å².